The average Bonchev–Trinajstić information content (AvgIpc) is 2.51. The maximum Gasteiger partial charge on any atom is 0.146 e. The first-order valence-corrected chi connectivity index (χ1v) is 7.78. The predicted octanol–water partition coefficient (Wildman–Crippen LogP) is 3.71. The van der Waals surface area contributed by atoms with Gasteiger partial charge < -0.3 is 4.90 Å². The van der Waals surface area contributed by atoms with Crippen LogP contribution >= 0.6 is 0 Å². The molecule has 0 spiro atoms. The molecule has 4 heteroatoms. The highest BCUT2D eigenvalue weighted by Gasteiger charge is 2.26. The SMILES string of the molecule is CCNC(C#N)(CC)CCCN(CC)c1ccccc1F. The van der Waals surface area contributed by atoms with Gasteiger partial charge in [-0.3, -0.25) is 5.32 Å². The molecule has 1 unspecified atom stereocenters. The molecule has 0 bridgehead atoms. The molecule has 0 aliphatic carbocycles. The Morgan fingerprint density at radius 3 is 2.52 bits per heavy atom. The van der Waals surface area contributed by atoms with Crippen LogP contribution in [0.5, 0.6) is 0 Å². The van der Waals surface area contributed by atoms with Crippen LogP contribution in [-0.2, 0) is 0 Å². The summed E-state index contributed by atoms with van der Waals surface area (Å²) in [5.74, 6) is -0.187. The summed E-state index contributed by atoms with van der Waals surface area (Å²) in [5, 5.41) is 12.7. The number of hydrogen-bond donors (Lipinski definition) is 1. The van der Waals surface area contributed by atoms with Crippen molar-refractivity contribution < 1.29 is 4.39 Å². The maximum atomic E-state index is 13.8. The monoisotopic (exact) mass is 291 g/mol. The van der Waals surface area contributed by atoms with Crippen molar-refractivity contribution in [3.8, 4) is 6.07 Å². The van der Waals surface area contributed by atoms with Gasteiger partial charge in [-0.1, -0.05) is 26.0 Å². The summed E-state index contributed by atoms with van der Waals surface area (Å²) < 4.78 is 13.8. The van der Waals surface area contributed by atoms with Crippen LogP contribution in [0.2, 0.25) is 0 Å². The molecule has 0 heterocycles. The van der Waals surface area contributed by atoms with Crippen molar-refractivity contribution >= 4 is 5.69 Å². The lowest BCUT2D eigenvalue weighted by Crippen LogP contribution is -2.43. The van der Waals surface area contributed by atoms with Gasteiger partial charge in [0.15, 0.2) is 0 Å². The number of nitriles is 1. The van der Waals surface area contributed by atoms with E-state index in [0.717, 1.165) is 38.9 Å². The van der Waals surface area contributed by atoms with Gasteiger partial charge in [0.25, 0.3) is 0 Å². The molecule has 1 rings (SSSR count). The van der Waals surface area contributed by atoms with Crippen molar-refractivity contribution in [1.29, 1.82) is 5.26 Å². The number of hydrogen-bond acceptors (Lipinski definition) is 3. The second-order valence-corrected chi connectivity index (χ2v) is 5.21. The number of para-hydroxylation sites is 1. The summed E-state index contributed by atoms with van der Waals surface area (Å²) in [5.41, 5.74) is 0.186. The molecule has 0 aliphatic rings. The van der Waals surface area contributed by atoms with Gasteiger partial charge in [0.05, 0.1) is 11.8 Å². The van der Waals surface area contributed by atoms with Gasteiger partial charge in [-0.25, -0.2) is 4.39 Å². The quantitative estimate of drug-likeness (QED) is 0.754. The third kappa shape index (κ3) is 4.71. The fraction of sp³-hybridized carbons (Fsp3) is 0.588. The molecule has 0 fully saturated rings. The van der Waals surface area contributed by atoms with E-state index in [4.69, 9.17) is 0 Å². The molecular weight excluding hydrogens is 265 g/mol. The lowest BCUT2D eigenvalue weighted by molar-refractivity contribution is 0.372. The predicted molar refractivity (Wildman–Crippen MR) is 85.8 cm³/mol. The molecular formula is C17H26FN3. The number of rotatable bonds is 9. The molecule has 0 saturated heterocycles. The Bertz CT molecular complexity index is 469. The van der Waals surface area contributed by atoms with Crippen LogP contribution < -0.4 is 10.2 Å². The van der Waals surface area contributed by atoms with Gasteiger partial charge in [-0.05, 0) is 44.9 Å². The Morgan fingerprint density at radius 2 is 2.00 bits per heavy atom. The number of halogens is 1. The Morgan fingerprint density at radius 1 is 1.29 bits per heavy atom. The Balaban J connectivity index is 2.64. The highest BCUT2D eigenvalue weighted by Crippen LogP contribution is 2.21. The Hall–Kier alpha value is -1.60. The third-order valence-corrected chi connectivity index (χ3v) is 3.94. The lowest BCUT2D eigenvalue weighted by atomic mass is 9.92. The molecule has 0 aromatic heterocycles. The number of nitrogens with one attached hydrogen (secondary N) is 1. The van der Waals surface area contributed by atoms with Crippen molar-refractivity contribution in [3.05, 3.63) is 30.1 Å². The third-order valence-electron chi connectivity index (χ3n) is 3.94. The van der Waals surface area contributed by atoms with Crippen LogP contribution in [0, 0.1) is 17.1 Å². The van der Waals surface area contributed by atoms with E-state index in [1.165, 1.54) is 6.07 Å². The summed E-state index contributed by atoms with van der Waals surface area (Å²) in [7, 11) is 0. The standard InChI is InChI=1S/C17H26FN3/c1-4-17(14-19,20-5-2)12-9-13-21(6-3)16-11-8-7-10-15(16)18/h7-8,10-11,20H,4-6,9,12-13H2,1-3H3. The normalized spacial score (nSPS) is 13.5. The van der Waals surface area contributed by atoms with Gasteiger partial charge in [0, 0.05) is 13.1 Å². The summed E-state index contributed by atoms with van der Waals surface area (Å²) in [4.78, 5) is 2.03. The largest absolute Gasteiger partial charge is 0.369 e. The van der Waals surface area contributed by atoms with Gasteiger partial charge in [-0.2, -0.15) is 5.26 Å². The van der Waals surface area contributed by atoms with E-state index in [1.54, 1.807) is 12.1 Å². The van der Waals surface area contributed by atoms with Crippen molar-refractivity contribution in [2.75, 3.05) is 24.5 Å². The van der Waals surface area contributed by atoms with Crippen LogP contribution in [0.3, 0.4) is 0 Å². The van der Waals surface area contributed by atoms with Gasteiger partial charge in [-0.15, -0.1) is 0 Å². The van der Waals surface area contributed by atoms with E-state index in [1.807, 2.05) is 31.7 Å². The first kappa shape index (κ1) is 17.5. The molecule has 0 aliphatic heterocycles. The summed E-state index contributed by atoms with van der Waals surface area (Å²) in [6.07, 6.45) is 2.42. The fourth-order valence-corrected chi connectivity index (χ4v) is 2.63. The van der Waals surface area contributed by atoms with E-state index in [0.29, 0.717) is 5.69 Å². The van der Waals surface area contributed by atoms with Crippen molar-refractivity contribution in [2.45, 2.75) is 45.6 Å². The number of nitrogens with zero attached hydrogens (tertiary/aromatic N) is 2. The molecule has 21 heavy (non-hydrogen) atoms. The summed E-state index contributed by atoms with van der Waals surface area (Å²) in [6.45, 7) is 8.36. The molecule has 3 nitrogen and oxygen atoms in total. The first-order chi connectivity index (χ1) is 10.1. The minimum absolute atomic E-state index is 0.187. The summed E-state index contributed by atoms with van der Waals surface area (Å²) >= 11 is 0. The van der Waals surface area contributed by atoms with Crippen LogP contribution in [0.1, 0.15) is 40.0 Å². The van der Waals surface area contributed by atoms with Gasteiger partial charge in [0.2, 0.25) is 0 Å². The van der Waals surface area contributed by atoms with Gasteiger partial charge >= 0.3 is 0 Å². The van der Waals surface area contributed by atoms with Crippen molar-refractivity contribution in [1.82, 2.24) is 5.32 Å². The fourth-order valence-electron chi connectivity index (χ4n) is 2.63. The highest BCUT2D eigenvalue weighted by atomic mass is 19.1. The number of benzene rings is 1. The van der Waals surface area contributed by atoms with E-state index < -0.39 is 5.54 Å². The Kier molecular flexibility index (Phi) is 7.18. The van der Waals surface area contributed by atoms with E-state index in [2.05, 4.69) is 11.4 Å². The highest BCUT2D eigenvalue weighted by molar-refractivity contribution is 5.47. The number of anilines is 1. The minimum Gasteiger partial charge on any atom is -0.369 e. The lowest BCUT2D eigenvalue weighted by Gasteiger charge is -2.29. The van der Waals surface area contributed by atoms with Crippen LogP contribution in [-0.4, -0.2) is 25.2 Å². The van der Waals surface area contributed by atoms with Crippen LogP contribution in [0.25, 0.3) is 0 Å². The van der Waals surface area contributed by atoms with Crippen LogP contribution in [0.15, 0.2) is 24.3 Å². The van der Waals surface area contributed by atoms with Crippen molar-refractivity contribution in [2.24, 2.45) is 0 Å². The maximum absolute atomic E-state index is 13.8. The zero-order chi connectivity index (χ0) is 15.7. The zero-order valence-corrected chi connectivity index (χ0v) is 13.3. The second-order valence-electron chi connectivity index (χ2n) is 5.21. The molecule has 0 amide bonds. The molecule has 116 valence electrons. The first-order valence-electron chi connectivity index (χ1n) is 7.78. The molecule has 0 saturated carbocycles. The topological polar surface area (TPSA) is 39.1 Å². The molecule has 0 radical (unpaired) electrons. The van der Waals surface area contributed by atoms with Gasteiger partial charge in [0.1, 0.15) is 11.4 Å². The van der Waals surface area contributed by atoms with Crippen molar-refractivity contribution in [3.63, 3.8) is 0 Å². The Labute approximate surface area is 127 Å². The van der Waals surface area contributed by atoms with Crippen LogP contribution in [0.4, 0.5) is 10.1 Å². The zero-order valence-electron chi connectivity index (χ0n) is 13.3. The smallest absolute Gasteiger partial charge is 0.146 e. The average molecular weight is 291 g/mol. The van der Waals surface area contributed by atoms with E-state index in [9.17, 15) is 9.65 Å². The minimum atomic E-state index is -0.455. The van der Waals surface area contributed by atoms with E-state index >= 15 is 0 Å². The molecule has 1 N–H and O–H groups in total. The molecule has 1 aromatic rings. The van der Waals surface area contributed by atoms with E-state index in [-0.39, 0.29) is 5.82 Å². The second kappa shape index (κ2) is 8.63. The summed E-state index contributed by atoms with van der Waals surface area (Å²) in [6, 6.07) is 9.26. The molecule has 1 aromatic carbocycles. The molecule has 1 atom stereocenters.